The predicted octanol–water partition coefficient (Wildman–Crippen LogP) is 0.681. The summed E-state index contributed by atoms with van der Waals surface area (Å²) in [7, 11) is -8.03. The Kier molecular flexibility index (Phi) is 5.72. The maximum Gasteiger partial charge on any atom is 0.318 e. The van der Waals surface area contributed by atoms with E-state index in [9.17, 15) is 26.0 Å². The van der Waals surface area contributed by atoms with Crippen LogP contribution in [0.4, 0.5) is 10.1 Å². The number of nitrogens with one attached hydrogen (secondary N) is 1. The van der Waals surface area contributed by atoms with E-state index in [0.29, 0.717) is 10.4 Å². The van der Waals surface area contributed by atoms with Crippen molar-refractivity contribution in [2.75, 3.05) is 17.5 Å². The van der Waals surface area contributed by atoms with Crippen molar-refractivity contribution in [3.05, 3.63) is 24.0 Å². The fourth-order valence-corrected chi connectivity index (χ4v) is 3.98. The molecule has 0 bridgehead atoms. The van der Waals surface area contributed by atoms with Gasteiger partial charge < -0.3 is 5.11 Å². The first-order valence-corrected chi connectivity index (χ1v) is 9.68. The van der Waals surface area contributed by atoms with Gasteiger partial charge in [-0.3, -0.25) is 9.52 Å². The fourth-order valence-electron chi connectivity index (χ4n) is 1.79. The summed E-state index contributed by atoms with van der Waals surface area (Å²) < 4.78 is 63.7. The Morgan fingerprint density at radius 3 is 2.26 bits per heavy atom. The molecule has 0 unspecified atom stereocenters. The highest BCUT2D eigenvalue weighted by molar-refractivity contribution is 7.92. The summed E-state index contributed by atoms with van der Waals surface area (Å²) >= 11 is 0. The molecule has 23 heavy (non-hydrogen) atoms. The first-order chi connectivity index (χ1) is 10.3. The second-order valence-corrected chi connectivity index (χ2v) is 8.66. The minimum Gasteiger partial charge on any atom is -0.480 e. The lowest BCUT2D eigenvalue weighted by Crippen LogP contribution is -2.40. The van der Waals surface area contributed by atoms with Crippen molar-refractivity contribution in [3.63, 3.8) is 0 Å². The normalized spacial score (nSPS) is 12.6. The highest BCUT2D eigenvalue weighted by atomic mass is 32.2. The van der Waals surface area contributed by atoms with Crippen LogP contribution in [0.5, 0.6) is 0 Å². The zero-order valence-corrected chi connectivity index (χ0v) is 14.3. The minimum atomic E-state index is -4.39. The van der Waals surface area contributed by atoms with Crippen LogP contribution >= 0.6 is 0 Å². The molecule has 0 aliphatic heterocycles. The number of anilines is 1. The third kappa shape index (κ3) is 5.15. The first-order valence-electron chi connectivity index (χ1n) is 6.35. The third-order valence-corrected chi connectivity index (χ3v) is 5.35. The molecule has 0 radical (unpaired) electrons. The Balaban J connectivity index is 3.30. The summed E-state index contributed by atoms with van der Waals surface area (Å²) in [5.41, 5.74) is -0.140. The summed E-state index contributed by atoms with van der Waals surface area (Å²) in [6.45, 7) is 2.10. The van der Waals surface area contributed by atoms with Crippen LogP contribution in [-0.2, 0) is 24.8 Å². The largest absolute Gasteiger partial charge is 0.480 e. The number of carboxylic acids is 1. The van der Waals surface area contributed by atoms with Crippen molar-refractivity contribution in [2.45, 2.75) is 24.8 Å². The lowest BCUT2D eigenvalue weighted by molar-refractivity contribution is -0.137. The van der Waals surface area contributed by atoms with Gasteiger partial charge in [0.1, 0.15) is 17.3 Å². The van der Waals surface area contributed by atoms with Gasteiger partial charge in [0.05, 0.1) is 11.9 Å². The molecule has 0 spiro atoms. The second kappa shape index (κ2) is 6.81. The Morgan fingerprint density at radius 1 is 1.30 bits per heavy atom. The summed E-state index contributed by atoms with van der Waals surface area (Å²) in [4.78, 5) is 10.1. The van der Waals surface area contributed by atoms with Gasteiger partial charge in [-0.05, 0) is 32.0 Å². The van der Waals surface area contributed by atoms with Gasteiger partial charge in [-0.2, -0.15) is 4.31 Å². The number of halogens is 1. The minimum absolute atomic E-state index is 0.140. The Morgan fingerprint density at radius 2 is 1.87 bits per heavy atom. The molecule has 0 aliphatic carbocycles. The number of sulfonamides is 2. The van der Waals surface area contributed by atoms with Crippen molar-refractivity contribution >= 4 is 31.7 Å². The van der Waals surface area contributed by atoms with Crippen LogP contribution < -0.4 is 4.72 Å². The van der Waals surface area contributed by atoms with E-state index in [1.54, 1.807) is 0 Å². The molecule has 0 saturated heterocycles. The molecule has 11 heteroatoms. The van der Waals surface area contributed by atoms with Gasteiger partial charge in [0.2, 0.25) is 20.0 Å². The molecule has 1 aromatic carbocycles. The predicted molar refractivity (Wildman–Crippen MR) is 81.5 cm³/mol. The van der Waals surface area contributed by atoms with Crippen LogP contribution in [0.2, 0.25) is 0 Å². The number of hydrogen-bond donors (Lipinski definition) is 2. The number of benzene rings is 1. The standard InChI is InChI=1S/C12H17FN2O6S2/c1-8(2)15(7-12(16)17)23(20,21)11-5-4-9(6-10(11)13)14-22(3,18)19/h4-6,8,14H,7H2,1-3H3,(H,16,17). The maximum absolute atomic E-state index is 14.1. The number of carboxylic acid groups (broad SMARTS) is 1. The monoisotopic (exact) mass is 368 g/mol. The molecule has 0 amide bonds. The lowest BCUT2D eigenvalue weighted by Gasteiger charge is -2.24. The molecule has 0 aliphatic rings. The van der Waals surface area contributed by atoms with E-state index in [-0.39, 0.29) is 5.69 Å². The van der Waals surface area contributed by atoms with Crippen molar-refractivity contribution in [3.8, 4) is 0 Å². The van der Waals surface area contributed by atoms with Crippen molar-refractivity contribution in [2.24, 2.45) is 0 Å². The van der Waals surface area contributed by atoms with Crippen LogP contribution in [0.15, 0.2) is 23.1 Å². The molecule has 0 atom stereocenters. The SMILES string of the molecule is CC(C)N(CC(=O)O)S(=O)(=O)c1ccc(NS(C)(=O)=O)cc1F. The van der Waals surface area contributed by atoms with Gasteiger partial charge in [-0.15, -0.1) is 0 Å². The smallest absolute Gasteiger partial charge is 0.318 e. The van der Waals surface area contributed by atoms with E-state index in [2.05, 4.69) is 0 Å². The molecule has 0 aromatic heterocycles. The number of hydrogen-bond acceptors (Lipinski definition) is 5. The van der Waals surface area contributed by atoms with Gasteiger partial charge in [0.15, 0.2) is 0 Å². The lowest BCUT2D eigenvalue weighted by atomic mass is 10.3. The molecular weight excluding hydrogens is 351 g/mol. The quantitative estimate of drug-likeness (QED) is 0.730. The van der Waals surface area contributed by atoms with Crippen molar-refractivity contribution in [1.29, 1.82) is 0 Å². The fraction of sp³-hybridized carbons (Fsp3) is 0.417. The van der Waals surface area contributed by atoms with Crippen LogP contribution in [0.3, 0.4) is 0 Å². The maximum atomic E-state index is 14.1. The average Bonchev–Trinajstić information content (AvgIpc) is 2.32. The molecular formula is C12H17FN2O6S2. The number of nitrogens with zero attached hydrogens (tertiary/aromatic N) is 1. The molecule has 8 nitrogen and oxygen atoms in total. The number of rotatable bonds is 7. The molecule has 0 saturated carbocycles. The van der Waals surface area contributed by atoms with Gasteiger partial charge in [-0.25, -0.2) is 21.2 Å². The molecule has 0 heterocycles. The highest BCUT2D eigenvalue weighted by Gasteiger charge is 2.31. The summed E-state index contributed by atoms with van der Waals surface area (Å²) in [5, 5.41) is 8.81. The van der Waals surface area contributed by atoms with E-state index in [1.807, 2.05) is 4.72 Å². The molecule has 2 N–H and O–H groups in total. The van der Waals surface area contributed by atoms with Crippen LogP contribution in [-0.4, -0.2) is 51.1 Å². The summed E-state index contributed by atoms with van der Waals surface area (Å²) in [6.07, 6.45) is 0.864. The van der Waals surface area contributed by atoms with E-state index >= 15 is 0 Å². The molecule has 0 fully saturated rings. The highest BCUT2D eigenvalue weighted by Crippen LogP contribution is 2.24. The zero-order valence-electron chi connectivity index (χ0n) is 12.6. The van der Waals surface area contributed by atoms with E-state index in [1.165, 1.54) is 13.8 Å². The van der Waals surface area contributed by atoms with E-state index in [4.69, 9.17) is 5.11 Å². The van der Waals surface area contributed by atoms with Crippen LogP contribution in [0.1, 0.15) is 13.8 Å². The first kappa shape index (κ1) is 19.3. The zero-order chi connectivity index (χ0) is 18.0. The number of aliphatic carboxylic acids is 1. The van der Waals surface area contributed by atoms with Gasteiger partial charge in [0, 0.05) is 6.04 Å². The van der Waals surface area contributed by atoms with Gasteiger partial charge in [0.25, 0.3) is 0 Å². The molecule has 1 rings (SSSR count). The Bertz CT molecular complexity index is 805. The Labute approximate surface area is 134 Å². The molecule has 130 valence electrons. The van der Waals surface area contributed by atoms with Gasteiger partial charge >= 0.3 is 5.97 Å². The number of carbonyl (C=O) groups is 1. The molecule has 1 aromatic rings. The second-order valence-electron chi connectivity index (χ2n) is 5.06. The van der Waals surface area contributed by atoms with Crippen LogP contribution in [0, 0.1) is 5.82 Å². The van der Waals surface area contributed by atoms with E-state index in [0.717, 1.165) is 18.4 Å². The van der Waals surface area contributed by atoms with Crippen molar-refractivity contribution in [1.82, 2.24) is 4.31 Å². The topological polar surface area (TPSA) is 121 Å². The van der Waals surface area contributed by atoms with Crippen molar-refractivity contribution < 1.29 is 31.1 Å². The van der Waals surface area contributed by atoms with E-state index < -0.39 is 49.3 Å². The average molecular weight is 368 g/mol. The Hall–Kier alpha value is -1.72. The third-order valence-electron chi connectivity index (χ3n) is 2.69. The van der Waals surface area contributed by atoms with Gasteiger partial charge in [-0.1, -0.05) is 0 Å². The summed E-state index contributed by atoms with van der Waals surface area (Å²) in [5.74, 6) is -2.56. The van der Waals surface area contributed by atoms with Crippen LogP contribution in [0.25, 0.3) is 0 Å². The summed E-state index contributed by atoms with van der Waals surface area (Å²) in [6, 6.07) is 1.98.